The highest BCUT2D eigenvalue weighted by atomic mass is 127. The zero-order chi connectivity index (χ0) is 19.5. The average molecular weight is 577 g/mol. The second kappa shape index (κ2) is 14.3. The summed E-state index contributed by atoms with van der Waals surface area (Å²) in [7, 11) is 0. The molecule has 2 N–H and O–H groups in total. The van der Waals surface area contributed by atoms with E-state index in [1.807, 2.05) is 6.92 Å². The van der Waals surface area contributed by atoms with Gasteiger partial charge in [-0.2, -0.15) is 8.78 Å². The Morgan fingerprint density at radius 3 is 2.75 bits per heavy atom. The van der Waals surface area contributed by atoms with Crippen LogP contribution in [0.15, 0.2) is 27.7 Å². The van der Waals surface area contributed by atoms with Crippen LogP contribution >= 0.6 is 39.9 Å². The van der Waals surface area contributed by atoms with Crippen molar-refractivity contribution >= 4 is 45.9 Å². The first-order valence-electron chi connectivity index (χ1n) is 9.14. The van der Waals surface area contributed by atoms with Crippen LogP contribution in [-0.2, 0) is 11.3 Å². The SMILES string of the molecule is CCNC(=NCc1cc(Br)ccc1OC(F)F)NCCCN1CCOCC1.I. The highest BCUT2D eigenvalue weighted by Gasteiger charge is 2.11. The van der Waals surface area contributed by atoms with Crippen LogP contribution in [0.5, 0.6) is 5.75 Å². The Morgan fingerprint density at radius 2 is 2.07 bits per heavy atom. The number of alkyl halides is 2. The topological polar surface area (TPSA) is 58.1 Å². The summed E-state index contributed by atoms with van der Waals surface area (Å²) < 4.78 is 35.9. The quantitative estimate of drug-likeness (QED) is 0.204. The van der Waals surface area contributed by atoms with E-state index in [-0.39, 0.29) is 36.3 Å². The first-order chi connectivity index (χ1) is 13.1. The molecule has 10 heteroatoms. The minimum absolute atomic E-state index is 0. The van der Waals surface area contributed by atoms with Crippen molar-refractivity contribution in [2.24, 2.45) is 4.99 Å². The first-order valence-corrected chi connectivity index (χ1v) is 9.93. The molecule has 0 atom stereocenters. The standard InChI is InChI=1S/C18H27BrF2N4O2.HI/c1-2-22-18(23-6-3-7-25-8-10-26-11-9-25)24-13-14-12-15(19)4-5-16(14)27-17(20)21;/h4-5,12,17H,2-3,6-11,13H2,1H3,(H2,22,23,24);1H. The van der Waals surface area contributed by atoms with Gasteiger partial charge in [0.05, 0.1) is 19.8 Å². The van der Waals surface area contributed by atoms with E-state index in [4.69, 9.17) is 4.74 Å². The highest BCUT2D eigenvalue weighted by molar-refractivity contribution is 14.0. The van der Waals surface area contributed by atoms with Gasteiger partial charge in [0.15, 0.2) is 5.96 Å². The Hall–Kier alpha value is -0.720. The number of nitrogens with zero attached hydrogens (tertiary/aromatic N) is 2. The molecule has 0 spiro atoms. The lowest BCUT2D eigenvalue weighted by molar-refractivity contribution is -0.0504. The largest absolute Gasteiger partial charge is 0.434 e. The smallest absolute Gasteiger partial charge is 0.387 e. The number of rotatable bonds is 9. The molecular formula is C18H28BrF2IN4O2. The van der Waals surface area contributed by atoms with Gasteiger partial charge in [-0.25, -0.2) is 4.99 Å². The van der Waals surface area contributed by atoms with Gasteiger partial charge in [-0.1, -0.05) is 15.9 Å². The minimum Gasteiger partial charge on any atom is -0.434 e. The summed E-state index contributed by atoms with van der Waals surface area (Å²) in [6, 6.07) is 4.92. The second-order valence-electron chi connectivity index (χ2n) is 6.06. The Balaban J connectivity index is 0.00000392. The van der Waals surface area contributed by atoms with E-state index in [1.165, 1.54) is 6.07 Å². The molecule has 2 rings (SSSR count). The van der Waals surface area contributed by atoms with E-state index in [9.17, 15) is 8.78 Å². The van der Waals surface area contributed by atoms with Gasteiger partial charge in [0.25, 0.3) is 0 Å². The van der Waals surface area contributed by atoms with Crippen LogP contribution in [0.3, 0.4) is 0 Å². The zero-order valence-electron chi connectivity index (χ0n) is 15.9. The summed E-state index contributed by atoms with van der Waals surface area (Å²) in [5.74, 6) is 0.794. The van der Waals surface area contributed by atoms with Crippen molar-refractivity contribution in [3.63, 3.8) is 0 Å². The van der Waals surface area contributed by atoms with Crippen molar-refractivity contribution in [1.29, 1.82) is 0 Å². The molecule has 0 amide bonds. The van der Waals surface area contributed by atoms with Gasteiger partial charge in [0.2, 0.25) is 0 Å². The fourth-order valence-electron chi connectivity index (χ4n) is 2.72. The maximum atomic E-state index is 12.6. The molecule has 0 radical (unpaired) electrons. The molecule has 1 aromatic rings. The number of guanidine groups is 1. The van der Waals surface area contributed by atoms with Crippen molar-refractivity contribution in [2.45, 2.75) is 26.5 Å². The van der Waals surface area contributed by atoms with Gasteiger partial charge in [-0.3, -0.25) is 4.90 Å². The maximum Gasteiger partial charge on any atom is 0.387 e. The molecule has 1 fully saturated rings. The van der Waals surface area contributed by atoms with E-state index < -0.39 is 6.61 Å². The zero-order valence-corrected chi connectivity index (χ0v) is 19.8. The number of morpholine rings is 1. The van der Waals surface area contributed by atoms with E-state index in [0.717, 1.165) is 50.3 Å². The summed E-state index contributed by atoms with van der Waals surface area (Å²) in [4.78, 5) is 6.87. The molecule has 0 saturated carbocycles. The molecule has 28 heavy (non-hydrogen) atoms. The van der Waals surface area contributed by atoms with Crippen molar-refractivity contribution < 1.29 is 18.3 Å². The predicted molar refractivity (Wildman–Crippen MR) is 121 cm³/mol. The molecule has 6 nitrogen and oxygen atoms in total. The first kappa shape index (κ1) is 25.3. The molecule has 160 valence electrons. The Morgan fingerprint density at radius 1 is 1.32 bits per heavy atom. The number of benzene rings is 1. The van der Waals surface area contributed by atoms with Crippen molar-refractivity contribution in [2.75, 3.05) is 45.9 Å². The van der Waals surface area contributed by atoms with Crippen LogP contribution in [0.4, 0.5) is 8.78 Å². The van der Waals surface area contributed by atoms with Crippen LogP contribution in [0, 0.1) is 0 Å². The lowest BCUT2D eigenvalue weighted by atomic mass is 10.2. The monoisotopic (exact) mass is 576 g/mol. The van der Waals surface area contributed by atoms with Crippen molar-refractivity contribution in [1.82, 2.24) is 15.5 Å². The van der Waals surface area contributed by atoms with E-state index >= 15 is 0 Å². The third-order valence-electron chi connectivity index (χ3n) is 4.04. The number of hydrogen-bond acceptors (Lipinski definition) is 4. The lowest BCUT2D eigenvalue weighted by Crippen LogP contribution is -2.40. The molecule has 0 aliphatic carbocycles. The Bertz CT molecular complexity index is 605. The molecular weight excluding hydrogens is 549 g/mol. The van der Waals surface area contributed by atoms with Gasteiger partial charge < -0.3 is 20.1 Å². The highest BCUT2D eigenvalue weighted by Crippen LogP contribution is 2.25. The third-order valence-corrected chi connectivity index (χ3v) is 4.53. The van der Waals surface area contributed by atoms with Crippen LogP contribution in [0.25, 0.3) is 0 Å². The normalized spacial score (nSPS) is 15.2. The van der Waals surface area contributed by atoms with Gasteiger partial charge in [0, 0.05) is 36.2 Å². The minimum atomic E-state index is -2.86. The van der Waals surface area contributed by atoms with E-state index in [1.54, 1.807) is 12.1 Å². The third kappa shape index (κ3) is 9.66. The Kier molecular flexibility index (Phi) is 12.9. The number of aliphatic imine (C=N–C) groups is 1. The summed E-state index contributed by atoms with van der Waals surface area (Å²) in [5, 5.41) is 6.46. The van der Waals surface area contributed by atoms with Crippen LogP contribution < -0.4 is 15.4 Å². The number of halogens is 4. The fourth-order valence-corrected chi connectivity index (χ4v) is 3.13. The molecule has 1 aliphatic heterocycles. The van der Waals surface area contributed by atoms with Crippen molar-refractivity contribution in [3.05, 3.63) is 28.2 Å². The predicted octanol–water partition coefficient (Wildman–Crippen LogP) is 3.45. The molecule has 0 bridgehead atoms. The molecule has 0 aromatic heterocycles. The van der Waals surface area contributed by atoms with E-state index in [2.05, 4.69) is 41.2 Å². The van der Waals surface area contributed by atoms with Gasteiger partial charge in [-0.05, 0) is 38.1 Å². The maximum absolute atomic E-state index is 12.6. The molecule has 1 heterocycles. The molecule has 1 aromatic carbocycles. The summed E-state index contributed by atoms with van der Waals surface area (Å²) >= 11 is 3.35. The lowest BCUT2D eigenvalue weighted by Gasteiger charge is -2.26. The molecule has 1 saturated heterocycles. The van der Waals surface area contributed by atoms with Crippen molar-refractivity contribution in [3.8, 4) is 5.75 Å². The Labute approximate surface area is 190 Å². The average Bonchev–Trinajstić information content (AvgIpc) is 2.65. The molecule has 1 aliphatic rings. The van der Waals surface area contributed by atoms with Gasteiger partial charge >= 0.3 is 6.61 Å². The van der Waals surface area contributed by atoms with Gasteiger partial charge in [-0.15, -0.1) is 24.0 Å². The van der Waals surface area contributed by atoms with Crippen LogP contribution in [0.1, 0.15) is 18.9 Å². The number of ether oxygens (including phenoxy) is 2. The fraction of sp³-hybridized carbons (Fsp3) is 0.611. The summed E-state index contributed by atoms with van der Waals surface area (Å²) in [6.45, 7) is 5.41. The van der Waals surface area contributed by atoms with Gasteiger partial charge in [0.1, 0.15) is 5.75 Å². The summed E-state index contributed by atoms with van der Waals surface area (Å²) in [6.07, 6.45) is 0.987. The summed E-state index contributed by atoms with van der Waals surface area (Å²) in [5.41, 5.74) is 0.593. The van der Waals surface area contributed by atoms with Crippen LogP contribution in [0.2, 0.25) is 0 Å². The van der Waals surface area contributed by atoms with E-state index in [0.29, 0.717) is 18.1 Å². The number of hydrogen-bond donors (Lipinski definition) is 2. The number of nitrogens with one attached hydrogen (secondary N) is 2. The molecule has 0 unspecified atom stereocenters. The second-order valence-corrected chi connectivity index (χ2v) is 6.98. The van der Waals surface area contributed by atoms with Crippen LogP contribution in [-0.4, -0.2) is 63.4 Å².